The lowest BCUT2D eigenvalue weighted by molar-refractivity contribution is -0.108. The highest BCUT2D eigenvalue weighted by Crippen LogP contribution is 1.87. The van der Waals surface area contributed by atoms with Gasteiger partial charge >= 0.3 is 0 Å². The molecule has 54 valence electrons. The summed E-state index contributed by atoms with van der Waals surface area (Å²) < 4.78 is 0. The smallest absolute Gasteiger partial charge is 0.133 e. The van der Waals surface area contributed by atoms with Crippen molar-refractivity contribution in [3.8, 4) is 0 Å². The van der Waals surface area contributed by atoms with E-state index in [1.807, 2.05) is 6.92 Å². The summed E-state index contributed by atoms with van der Waals surface area (Å²) in [6.45, 7) is 4.51. The van der Waals surface area contributed by atoms with Gasteiger partial charge in [-0.1, -0.05) is 22.9 Å². The lowest BCUT2D eigenvalue weighted by Gasteiger charge is -2.14. The molecule has 0 saturated carbocycles. The second-order valence-electron chi connectivity index (χ2n) is 1.75. The number of aldehydes is 1. The summed E-state index contributed by atoms with van der Waals surface area (Å²) in [6, 6.07) is 0. The number of carbonyl (C=O) groups is 1. The van der Waals surface area contributed by atoms with Gasteiger partial charge in [0.05, 0.1) is 6.54 Å². The Kier molecular flexibility index (Phi) is 6.31. The van der Waals surface area contributed by atoms with Gasteiger partial charge in [0.25, 0.3) is 0 Å². The second-order valence-corrected chi connectivity index (χ2v) is 2.54. The van der Waals surface area contributed by atoms with Crippen molar-refractivity contribution in [3.63, 3.8) is 0 Å². The van der Waals surface area contributed by atoms with Gasteiger partial charge in [-0.2, -0.15) is 0 Å². The van der Waals surface area contributed by atoms with Gasteiger partial charge in [0, 0.05) is 11.9 Å². The second kappa shape index (κ2) is 6.23. The predicted octanol–water partition coefficient (Wildman–Crippen LogP) is 0.902. The maximum atomic E-state index is 9.99. The third-order valence-electron chi connectivity index (χ3n) is 1.18. The van der Waals surface area contributed by atoms with E-state index >= 15 is 0 Å². The SMILES string of the molecule is CCN(CC=O)CCBr. The van der Waals surface area contributed by atoms with Crippen LogP contribution in [0.15, 0.2) is 0 Å². The normalized spacial score (nSPS) is 10.1. The quantitative estimate of drug-likeness (QED) is 0.478. The third kappa shape index (κ3) is 4.60. The van der Waals surface area contributed by atoms with Crippen LogP contribution in [0.2, 0.25) is 0 Å². The van der Waals surface area contributed by atoms with Crippen LogP contribution in [0.1, 0.15) is 6.92 Å². The molecule has 0 aromatic heterocycles. The zero-order valence-corrected chi connectivity index (χ0v) is 7.23. The number of rotatable bonds is 5. The molecule has 0 rings (SSSR count). The molecule has 0 aliphatic rings. The minimum atomic E-state index is 0.558. The fraction of sp³-hybridized carbons (Fsp3) is 0.833. The molecule has 9 heavy (non-hydrogen) atoms. The summed E-state index contributed by atoms with van der Waals surface area (Å²) in [4.78, 5) is 12.1. The Hall–Kier alpha value is 0.110. The Labute approximate surface area is 64.4 Å². The van der Waals surface area contributed by atoms with Crippen LogP contribution < -0.4 is 0 Å². The Balaban J connectivity index is 3.28. The van der Waals surface area contributed by atoms with Crippen LogP contribution in [-0.2, 0) is 4.79 Å². The highest BCUT2D eigenvalue weighted by atomic mass is 79.9. The molecule has 0 heterocycles. The maximum Gasteiger partial charge on any atom is 0.133 e. The van der Waals surface area contributed by atoms with Crippen LogP contribution in [-0.4, -0.2) is 36.2 Å². The first-order chi connectivity index (χ1) is 4.35. The number of nitrogens with zero attached hydrogens (tertiary/aromatic N) is 1. The van der Waals surface area contributed by atoms with Crippen molar-refractivity contribution in [3.05, 3.63) is 0 Å². The molecule has 0 spiro atoms. The average Bonchev–Trinajstić information content (AvgIpc) is 1.88. The lowest BCUT2D eigenvalue weighted by atomic mass is 10.5. The van der Waals surface area contributed by atoms with E-state index < -0.39 is 0 Å². The highest BCUT2D eigenvalue weighted by Gasteiger charge is 1.96. The van der Waals surface area contributed by atoms with Crippen molar-refractivity contribution in [1.82, 2.24) is 4.90 Å². The summed E-state index contributed by atoms with van der Waals surface area (Å²) in [5, 5.41) is 0.939. The number of carbonyl (C=O) groups excluding carboxylic acids is 1. The predicted molar refractivity (Wildman–Crippen MR) is 42.0 cm³/mol. The van der Waals surface area contributed by atoms with E-state index in [9.17, 15) is 4.79 Å². The van der Waals surface area contributed by atoms with E-state index in [0.717, 1.165) is 24.7 Å². The summed E-state index contributed by atoms with van der Waals surface area (Å²) in [5.41, 5.74) is 0. The first-order valence-electron chi connectivity index (χ1n) is 3.07. The molecule has 2 nitrogen and oxygen atoms in total. The van der Waals surface area contributed by atoms with E-state index in [4.69, 9.17) is 0 Å². The van der Waals surface area contributed by atoms with E-state index in [-0.39, 0.29) is 0 Å². The molecule has 0 aromatic carbocycles. The van der Waals surface area contributed by atoms with Crippen LogP contribution in [0.3, 0.4) is 0 Å². The maximum absolute atomic E-state index is 9.99. The molecule has 0 radical (unpaired) electrons. The van der Waals surface area contributed by atoms with Crippen LogP contribution in [0.4, 0.5) is 0 Å². The fourth-order valence-electron chi connectivity index (χ4n) is 0.603. The zero-order chi connectivity index (χ0) is 7.11. The molecule has 0 aromatic rings. The van der Waals surface area contributed by atoms with Gasteiger partial charge < -0.3 is 4.79 Å². The fourth-order valence-corrected chi connectivity index (χ4v) is 1.10. The Bertz CT molecular complexity index is 77.5. The van der Waals surface area contributed by atoms with E-state index in [1.54, 1.807) is 0 Å². The van der Waals surface area contributed by atoms with E-state index in [1.165, 1.54) is 0 Å². The topological polar surface area (TPSA) is 20.3 Å². The van der Waals surface area contributed by atoms with Crippen LogP contribution in [0, 0.1) is 0 Å². The number of halogens is 1. The molecule has 0 fully saturated rings. The lowest BCUT2D eigenvalue weighted by Crippen LogP contribution is -2.27. The molecular weight excluding hydrogens is 182 g/mol. The molecule has 0 aliphatic heterocycles. The summed E-state index contributed by atoms with van der Waals surface area (Å²) in [6.07, 6.45) is 0.937. The first kappa shape index (κ1) is 9.11. The largest absolute Gasteiger partial charge is 0.302 e. The van der Waals surface area contributed by atoms with Gasteiger partial charge in [0.1, 0.15) is 6.29 Å². The molecule has 0 N–H and O–H groups in total. The number of hydrogen-bond donors (Lipinski definition) is 0. The molecule has 0 aliphatic carbocycles. The van der Waals surface area contributed by atoms with E-state index in [0.29, 0.717) is 6.54 Å². The molecule has 0 unspecified atom stereocenters. The number of alkyl halides is 1. The molecule has 0 atom stereocenters. The average molecular weight is 194 g/mol. The van der Waals surface area contributed by atoms with Crippen molar-refractivity contribution < 1.29 is 4.79 Å². The van der Waals surface area contributed by atoms with Gasteiger partial charge in [0.15, 0.2) is 0 Å². The molecular formula is C6H12BrNO. The van der Waals surface area contributed by atoms with Crippen LogP contribution in [0.5, 0.6) is 0 Å². The van der Waals surface area contributed by atoms with Crippen LogP contribution >= 0.6 is 15.9 Å². The Morgan fingerprint density at radius 3 is 2.67 bits per heavy atom. The van der Waals surface area contributed by atoms with Crippen molar-refractivity contribution in [2.45, 2.75) is 6.92 Å². The first-order valence-corrected chi connectivity index (χ1v) is 4.19. The van der Waals surface area contributed by atoms with Crippen molar-refractivity contribution in [2.75, 3.05) is 25.0 Å². The van der Waals surface area contributed by atoms with Crippen molar-refractivity contribution in [1.29, 1.82) is 0 Å². The van der Waals surface area contributed by atoms with Gasteiger partial charge in [-0.15, -0.1) is 0 Å². The van der Waals surface area contributed by atoms with E-state index in [2.05, 4.69) is 20.8 Å². The highest BCUT2D eigenvalue weighted by molar-refractivity contribution is 9.09. The summed E-state index contributed by atoms with van der Waals surface area (Å²) in [7, 11) is 0. The summed E-state index contributed by atoms with van der Waals surface area (Å²) in [5.74, 6) is 0. The third-order valence-corrected chi connectivity index (χ3v) is 1.54. The summed E-state index contributed by atoms with van der Waals surface area (Å²) >= 11 is 3.30. The van der Waals surface area contributed by atoms with Gasteiger partial charge in [-0.3, -0.25) is 4.90 Å². The molecule has 3 heteroatoms. The minimum absolute atomic E-state index is 0.558. The van der Waals surface area contributed by atoms with Gasteiger partial charge in [-0.05, 0) is 6.54 Å². The van der Waals surface area contributed by atoms with Crippen LogP contribution in [0.25, 0.3) is 0 Å². The molecule has 0 amide bonds. The van der Waals surface area contributed by atoms with Gasteiger partial charge in [0.2, 0.25) is 0 Å². The minimum Gasteiger partial charge on any atom is -0.302 e. The van der Waals surface area contributed by atoms with Gasteiger partial charge in [-0.25, -0.2) is 0 Å². The Morgan fingerprint density at radius 1 is 1.67 bits per heavy atom. The number of hydrogen-bond acceptors (Lipinski definition) is 2. The van der Waals surface area contributed by atoms with Crippen molar-refractivity contribution >= 4 is 22.2 Å². The monoisotopic (exact) mass is 193 g/mol. The number of likely N-dealkylation sites (N-methyl/N-ethyl adjacent to an activating group) is 1. The molecule has 0 bridgehead atoms. The Morgan fingerprint density at radius 2 is 2.33 bits per heavy atom. The molecule has 0 saturated heterocycles. The van der Waals surface area contributed by atoms with Crippen molar-refractivity contribution in [2.24, 2.45) is 0 Å². The zero-order valence-electron chi connectivity index (χ0n) is 5.64. The standard InChI is InChI=1S/C6H12BrNO/c1-2-8(4-3-7)5-6-9/h6H,2-5H2,1H3.